The Morgan fingerprint density at radius 3 is 2.50 bits per heavy atom. The van der Waals surface area contributed by atoms with E-state index in [4.69, 9.17) is 4.42 Å². The molecular weight excluding hydrogens is 352 g/mol. The second-order valence-electron chi connectivity index (χ2n) is 7.90. The molecule has 6 heteroatoms. The van der Waals surface area contributed by atoms with E-state index in [-0.39, 0.29) is 11.9 Å². The maximum Gasteiger partial charge on any atom is 0.289 e. The van der Waals surface area contributed by atoms with Crippen LogP contribution in [0.3, 0.4) is 0 Å². The lowest BCUT2D eigenvalue weighted by Gasteiger charge is -2.35. The zero-order valence-electron chi connectivity index (χ0n) is 16.9. The molecule has 2 aliphatic rings. The first-order chi connectivity index (χ1) is 13.6. The summed E-state index contributed by atoms with van der Waals surface area (Å²) in [5, 5.41) is 0. The number of carbonyl (C=O) groups is 1. The molecule has 0 bridgehead atoms. The summed E-state index contributed by atoms with van der Waals surface area (Å²) in [6.07, 6.45) is 5.64. The number of piperazine rings is 1. The second-order valence-corrected chi connectivity index (χ2v) is 7.90. The molecule has 1 amide bonds. The van der Waals surface area contributed by atoms with Crippen LogP contribution in [0.5, 0.6) is 0 Å². The van der Waals surface area contributed by atoms with Gasteiger partial charge in [0.1, 0.15) is 11.6 Å². The average Bonchev–Trinajstić information content (AvgIpc) is 3.24. The summed E-state index contributed by atoms with van der Waals surface area (Å²) < 4.78 is 5.99. The molecule has 0 spiro atoms. The molecule has 2 fully saturated rings. The third-order valence-electron chi connectivity index (χ3n) is 6.04. The lowest BCUT2D eigenvalue weighted by atomic mass is 10.1. The van der Waals surface area contributed by atoms with Crippen LogP contribution in [-0.2, 0) is 0 Å². The topological polar surface area (TPSA) is 52.8 Å². The minimum Gasteiger partial charge on any atom is -0.454 e. The van der Waals surface area contributed by atoms with Crippen LogP contribution in [0.2, 0.25) is 0 Å². The summed E-state index contributed by atoms with van der Waals surface area (Å²) in [6, 6.07) is 8.07. The van der Waals surface area contributed by atoms with E-state index in [9.17, 15) is 4.79 Å². The van der Waals surface area contributed by atoms with E-state index in [1.807, 2.05) is 29.3 Å². The second kappa shape index (κ2) is 8.35. The van der Waals surface area contributed by atoms with Crippen molar-refractivity contribution < 1.29 is 9.21 Å². The van der Waals surface area contributed by atoms with Gasteiger partial charge >= 0.3 is 0 Å². The standard InChI is InChI=1S/C22H30N4O2/c1-17-7-6-10-23-21(17)25-13-15-26(16-14-25)22(27)20-9-8-19(28-20)18(2)24-11-4-3-5-12-24/h6-10,18H,3-5,11-16H2,1-2H3/t18-/m1/s1. The fourth-order valence-corrected chi connectivity index (χ4v) is 4.26. The summed E-state index contributed by atoms with van der Waals surface area (Å²) in [4.78, 5) is 24.0. The number of aromatic nitrogens is 1. The predicted octanol–water partition coefficient (Wildman–Crippen LogP) is 3.49. The van der Waals surface area contributed by atoms with Crippen molar-refractivity contribution in [2.24, 2.45) is 0 Å². The van der Waals surface area contributed by atoms with Crippen molar-refractivity contribution in [2.75, 3.05) is 44.2 Å². The highest BCUT2D eigenvalue weighted by atomic mass is 16.4. The molecule has 6 nitrogen and oxygen atoms in total. The number of likely N-dealkylation sites (tertiary alicyclic amines) is 1. The van der Waals surface area contributed by atoms with Crippen LogP contribution in [0, 0.1) is 6.92 Å². The molecule has 2 saturated heterocycles. The van der Waals surface area contributed by atoms with Crippen LogP contribution in [0.25, 0.3) is 0 Å². The molecule has 150 valence electrons. The summed E-state index contributed by atoms with van der Waals surface area (Å²) in [5.74, 6) is 2.37. The Morgan fingerprint density at radius 2 is 1.79 bits per heavy atom. The molecule has 0 aliphatic carbocycles. The Bertz CT molecular complexity index is 804. The molecule has 0 aromatic carbocycles. The van der Waals surface area contributed by atoms with Crippen LogP contribution in [0.15, 0.2) is 34.9 Å². The molecule has 2 aromatic rings. The van der Waals surface area contributed by atoms with Crippen molar-refractivity contribution in [1.82, 2.24) is 14.8 Å². The van der Waals surface area contributed by atoms with Gasteiger partial charge in [0.15, 0.2) is 5.76 Å². The van der Waals surface area contributed by atoms with Crippen molar-refractivity contribution in [2.45, 2.75) is 39.2 Å². The van der Waals surface area contributed by atoms with E-state index in [1.54, 1.807) is 0 Å². The van der Waals surface area contributed by atoms with Gasteiger partial charge in [-0.3, -0.25) is 9.69 Å². The van der Waals surface area contributed by atoms with Crippen molar-refractivity contribution in [3.8, 4) is 0 Å². The van der Waals surface area contributed by atoms with Gasteiger partial charge in [0.2, 0.25) is 0 Å². The maximum absolute atomic E-state index is 12.9. The molecule has 0 unspecified atom stereocenters. The van der Waals surface area contributed by atoms with E-state index in [2.05, 4.69) is 34.7 Å². The first-order valence-electron chi connectivity index (χ1n) is 10.4. The predicted molar refractivity (Wildman–Crippen MR) is 110 cm³/mol. The van der Waals surface area contributed by atoms with Crippen LogP contribution in [0.4, 0.5) is 5.82 Å². The Labute approximate surface area is 167 Å². The molecule has 1 atom stereocenters. The smallest absolute Gasteiger partial charge is 0.289 e. The molecule has 28 heavy (non-hydrogen) atoms. The zero-order valence-corrected chi connectivity index (χ0v) is 16.9. The van der Waals surface area contributed by atoms with Gasteiger partial charge in [-0.1, -0.05) is 12.5 Å². The van der Waals surface area contributed by atoms with Crippen molar-refractivity contribution in [3.05, 3.63) is 47.5 Å². The van der Waals surface area contributed by atoms with Gasteiger partial charge in [0, 0.05) is 32.4 Å². The van der Waals surface area contributed by atoms with E-state index < -0.39 is 0 Å². The third-order valence-corrected chi connectivity index (χ3v) is 6.04. The minimum absolute atomic E-state index is 0.00510. The quantitative estimate of drug-likeness (QED) is 0.810. The number of furan rings is 1. The molecule has 2 aromatic heterocycles. The van der Waals surface area contributed by atoms with E-state index in [0.29, 0.717) is 18.8 Å². The summed E-state index contributed by atoms with van der Waals surface area (Å²) in [6.45, 7) is 9.43. The SMILES string of the molecule is Cc1cccnc1N1CCN(C(=O)c2ccc([C@@H](C)N3CCCCC3)o2)CC1. The Morgan fingerprint density at radius 1 is 1.04 bits per heavy atom. The lowest BCUT2D eigenvalue weighted by molar-refractivity contribution is 0.0706. The number of anilines is 1. The van der Waals surface area contributed by atoms with Gasteiger partial charge in [0.25, 0.3) is 5.91 Å². The van der Waals surface area contributed by atoms with E-state index in [1.165, 1.54) is 24.8 Å². The van der Waals surface area contributed by atoms with Crippen molar-refractivity contribution in [1.29, 1.82) is 0 Å². The van der Waals surface area contributed by atoms with Crippen LogP contribution in [0.1, 0.15) is 54.1 Å². The number of hydrogen-bond donors (Lipinski definition) is 0. The fraction of sp³-hybridized carbons (Fsp3) is 0.545. The molecule has 4 rings (SSSR count). The number of hydrogen-bond acceptors (Lipinski definition) is 5. The maximum atomic E-state index is 12.9. The largest absolute Gasteiger partial charge is 0.454 e. The van der Waals surface area contributed by atoms with E-state index >= 15 is 0 Å². The molecule has 0 N–H and O–H groups in total. The first-order valence-corrected chi connectivity index (χ1v) is 10.4. The number of pyridine rings is 1. The number of nitrogens with zero attached hydrogens (tertiary/aromatic N) is 4. The van der Waals surface area contributed by atoms with Gasteiger partial charge < -0.3 is 14.2 Å². The summed E-state index contributed by atoms with van der Waals surface area (Å²) in [7, 11) is 0. The monoisotopic (exact) mass is 382 g/mol. The molecular formula is C22H30N4O2. The Hall–Kier alpha value is -2.34. The summed E-state index contributed by atoms with van der Waals surface area (Å²) in [5.41, 5.74) is 1.17. The highest BCUT2D eigenvalue weighted by molar-refractivity contribution is 5.91. The highest BCUT2D eigenvalue weighted by Gasteiger charge is 2.27. The average molecular weight is 383 g/mol. The van der Waals surface area contributed by atoms with E-state index in [0.717, 1.165) is 37.8 Å². The summed E-state index contributed by atoms with van der Waals surface area (Å²) >= 11 is 0. The minimum atomic E-state index is -0.00510. The van der Waals surface area contributed by atoms with Gasteiger partial charge in [-0.15, -0.1) is 0 Å². The number of carbonyl (C=O) groups excluding carboxylic acids is 1. The van der Waals surface area contributed by atoms with Gasteiger partial charge in [-0.2, -0.15) is 0 Å². The highest BCUT2D eigenvalue weighted by Crippen LogP contribution is 2.26. The fourth-order valence-electron chi connectivity index (χ4n) is 4.26. The number of rotatable bonds is 4. The van der Waals surface area contributed by atoms with Gasteiger partial charge in [0.05, 0.1) is 6.04 Å². The van der Waals surface area contributed by atoms with Gasteiger partial charge in [-0.25, -0.2) is 4.98 Å². The number of aryl methyl sites for hydroxylation is 1. The Balaban J connectivity index is 1.37. The Kier molecular flexibility index (Phi) is 5.67. The number of piperidine rings is 1. The van der Waals surface area contributed by atoms with Crippen molar-refractivity contribution in [3.63, 3.8) is 0 Å². The van der Waals surface area contributed by atoms with Crippen molar-refractivity contribution >= 4 is 11.7 Å². The third kappa shape index (κ3) is 3.92. The molecule has 4 heterocycles. The van der Waals surface area contributed by atoms with Crippen LogP contribution < -0.4 is 4.90 Å². The van der Waals surface area contributed by atoms with Crippen LogP contribution in [-0.4, -0.2) is 60.0 Å². The molecule has 0 radical (unpaired) electrons. The zero-order chi connectivity index (χ0) is 19.5. The normalized spacial score (nSPS) is 19.6. The van der Waals surface area contributed by atoms with Gasteiger partial charge in [-0.05, 0) is 63.5 Å². The van der Waals surface area contributed by atoms with Crippen LogP contribution >= 0.6 is 0 Å². The molecule has 2 aliphatic heterocycles. The lowest BCUT2D eigenvalue weighted by Crippen LogP contribution is -2.49. The number of amides is 1. The molecule has 0 saturated carbocycles. The first kappa shape index (κ1) is 19.0.